The summed E-state index contributed by atoms with van der Waals surface area (Å²) in [6.07, 6.45) is 0. The molecule has 0 aliphatic rings. The lowest BCUT2D eigenvalue weighted by Crippen LogP contribution is -2.38. The van der Waals surface area contributed by atoms with Crippen LogP contribution < -0.4 is 10.0 Å². The molecular formula is C14H24FN3O2S. The number of benzene rings is 1. The second kappa shape index (κ2) is 7.84. The van der Waals surface area contributed by atoms with E-state index >= 15 is 0 Å². The third-order valence-electron chi connectivity index (χ3n) is 3.31. The number of hydrogen-bond donors (Lipinski definition) is 2. The van der Waals surface area contributed by atoms with Gasteiger partial charge in [-0.25, -0.2) is 17.5 Å². The summed E-state index contributed by atoms with van der Waals surface area (Å²) in [5.41, 5.74) is 0.735. The third-order valence-corrected chi connectivity index (χ3v) is 4.75. The van der Waals surface area contributed by atoms with Crippen molar-refractivity contribution in [1.82, 2.24) is 14.9 Å². The Morgan fingerprint density at radius 1 is 1.33 bits per heavy atom. The minimum atomic E-state index is -3.85. The van der Waals surface area contributed by atoms with E-state index in [9.17, 15) is 12.8 Å². The molecule has 1 aromatic rings. The molecule has 21 heavy (non-hydrogen) atoms. The SMILES string of the molecule is CCNCc1ccc(F)c(S(=O)(=O)NCC(C)N(C)C)c1. The highest BCUT2D eigenvalue weighted by molar-refractivity contribution is 7.89. The van der Waals surface area contributed by atoms with Gasteiger partial charge < -0.3 is 10.2 Å². The van der Waals surface area contributed by atoms with Crippen LogP contribution in [0.15, 0.2) is 23.1 Å². The maximum atomic E-state index is 13.8. The summed E-state index contributed by atoms with van der Waals surface area (Å²) >= 11 is 0. The summed E-state index contributed by atoms with van der Waals surface area (Å²) in [5.74, 6) is -0.736. The van der Waals surface area contributed by atoms with E-state index in [1.54, 1.807) is 6.07 Å². The Bertz CT molecular complexity index is 561. The number of hydrogen-bond acceptors (Lipinski definition) is 4. The predicted octanol–water partition coefficient (Wildman–Crippen LogP) is 1.16. The summed E-state index contributed by atoms with van der Waals surface area (Å²) in [6, 6.07) is 4.17. The first-order chi connectivity index (χ1) is 9.77. The molecule has 0 heterocycles. The fraction of sp³-hybridized carbons (Fsp3) is 0.571. The highest BCUT2D eigenvalue weighted by Gasteiger charge is 2.20. The lowest BCUT2D eigenvalue weighted by molar-refractivity contribution is 0.313. The summed E-state index contributed by atoms with van der Waals surface area (Å²) < 4.78 is 40.7. The van der Waals surface area contributed by atoms with E-state index in [0.717, 1.165) is 12.1 Å². The molecular weight excluding hydrogens is 293 g/mol. The fourth-order valence-corrected chi connectivity index (χ4v) is 2.87. The topological polar surface area (TPSA) is 61.4 Å². The van der Waals surface area contributed by atoms with Gasteiger partial charge in [-0.1, -0.05) is 13.0 Å². The Labute approximate surface area is 126 Å². The van der Waals surface area contributed by atoms with Crippen LogP contribution >= 0.6 is 0 Å². The van der Waals surface area contributed by atoms with Gasteiger partial charge in [0.1, 0.15) is 10.7 Å². The molecule has 1 unspecified atom stereocenters. The fourth-order valence-electron chi connectivity index (χ4n) is 1.62. The molecule has 0 radical (unpaired) electrons. The van der Waals surface area contributed by atoms with Crippen molar-refractivity contribution in [3.8, 4) is 0 Å². The van der Waals surface area contributed by atoms with Crippen LogP contribution in [0.5, 0.6) is 0 Å². The second-order valence-electron chi connectivity index (χ2n) is 5.21. The molecule has 1 aromatic carbocycles. The molecule has 0 fully saturated rings. The maximum absolute atomic E-state index is 13.8. The van der Waals surface area contributed by atoms with Crippen molar-refractivity contribution < 1.29 is 12.8 Å². The second-order valence-corrected chi connectivity index (χ2v) is 6.95. The Hall–Kier alpha value is -1.02. The third kappa shape index (κ3) is 5.35. The van der Waals surface area contributed by atoms with Gasteiger partial charge in [0.05, 0.1) is 0 Å². The number of nitrogens with one attached hydrogen (secondary N) is 2. The zero-order chi connectivity index (χ0) is 16.0. The largest absolute Gasteiger partial charge is 0.313 e. The Morgan fingerprint density at radius 3 is 2.57 bits per heavy atom. The molecule has 0 bridgehead atoms. The highest BCUT2D eigenvalue weighted by atomic mass is 32.2. The standard InChI is InChI=1S/C14H24FN3O2S/c1-5-16-10-12-6-7-13(15)14(8-12)21(19,20)17-9-11(2)18(3)4/h6-8,11,16-17H,5,9-10H2,1-4H3. The summed E-state index contributed by atoms with van der Waals surface area (Å²) in [7, 11) is -0.131. The Morgan fingerprint density at radius 2 is 2.00 bits per heavy atom. The van der Waals surface area contributed by atoms with Gasteiger partial charge in [0.15, 0.2) is 0 Å². The van der Waals surface area contributed by atoms with E-state index < -0.39 is 15.8 Å². The van der Waals surface area contributed by atoms with Gasteiger partial charge in [-0.2, -0.15) is 0 Å². The van der Waals surface area contributed by atoms with E-state index in [4.69, 9.17) is 0 Å². The predicted molar refractivity (Wildman–Crippen MR) is 82.1 cm³/mol. The average Bonchev–Trinajstić information content (AvgIpc) is 2.43. The monoisotopic (exact) mass is 317 g/mol. The molecule has 0 aromatic heterocycles. The van der Waals surface area contributed by atoms with Crippen molar-refractivity contribution in [2.24, 2.45) is 0 Å². The van der Waals surface area contributed by atoms with Crippen LogP contribution in [0.1, 0.15) is 19.4 Å². The molecule has 1 rings (SSSR count). The van der Waals surface area contributed by atoms with Gasteiger partial charge in [0.2, 0.25) is 10.0 Å². The van der Waals surface area contributed by atoms with Crippen LogP contribution in [-0.2, 0) is 16.6 Å². The molecule has 0 saturated heterocycles. The number of nitrogens with zero attached hydrogens (tertiary/aromatic N) is 1. The van der Waals surface area contributed by atoms with E-state index in [1.807, 2.05) is 32.8 Å². The molecule has 120 valence electrons. The summed E-state index contributed by atoms with van der Waals surface area (Å²) in [4.78, 5) is 1.59. The first kappa shape index (κ1) is 18.0. The van der Waals surface area contributed by atoms with Crippen molar-refractivity contribution in [1.29, 1.82) is 0 Å². The van der Waals surface area contributed by atoms with Crippen molar-refractivity contribution >= 4 is 10.0 Å². The highest BCUT2D eigenvalue weighted by Crippen LogP contribution is 2.16. The average molecular weight is 317 g/mol. The van der Waals surface area contributed by atoms with Crippen molar-refractivity contribution in [3.63, 3.8) is 0 Å². The van der Waals surface area contributed by atoms with Gasteiger partial charge >= 0.3 is 0 Å². The van der Waals surface area contributed by atoms with E-state index in [1.165, 1.54) is 12.1 Å². The van der Waals surface area contributed by atoms with Gasteiger partial charge in [-0.3, -0.25) is 0 Å². The number of halogens is 1. The quantitative estimate of drug-likeness (QED) is 0.755. The van der Waals surface area contributed by atoms with Gasteiger partial charge in [0, 0.05) is 19.1 Å². The lowest BCUT2D eigenvalue weighted by Gasteiger charge is -2.20. The summed E-state index contributed by atoms with van der Waals surface area (Å²) in [6.45, 7) is 5.34. The first-order valence-corrected chi connectivity index (χ1v) is 8.41. The minimum absolute atomic E-state index is 0.0211. The van der Waals surface area contributed by atoms with Crippen LogP contribution in [0.4, 0.5) is 4.39 Å². The van der Waals surface area contributed by atoms with Crippen molar-refractivity contribution in [3.05, 3.63) is 29.6 Å². The smallest absolute Gasteiger partial charge is 0.243 e. The van der Waals surface area contributed by atoms with E-state index in [2.05, 4.69) is 10.0 Å². The summed E-state index contributed by atoms with van der Waals surface area (Å²) in [5, 5.41) is 3.08. The van der Waals surface area contributed by atoms with Crippen LogP contribution in [-0.4, -0.2) is 46.5 Å². The Balaban J connectivity index is 2.91. The molecule has 0 aliphatic carbocycles. The van der Waals surface area contributed by atoms with Crippen LogP contribution in [0.3, 0.4) is 0 Å². The van der Waals surface area contributed by atoms with Gasteiger partial charge in [-0.15, -0.1) is 0 Å². The number of sulfonamides is 1. The maximum Gasteiger partial charge on any atom is 0.243 e. The molecule has 7 heteroatoms. The number of rotatable bonds is 8. The van der Waals surface area contributed by atoms with Crippen LogP contribution in [0.25, 0.3) is 0 Å². The lowest BCUT2D eigenvalue weighted by atomic mass is 10.2. The van der Waals surface area contributed by atoms with E-state index in [0.29, 0.717) is 6.54 Å². The molecule has 0 amide bonds. The number of likely N-dealkylation sites (N-methyl/N-ethyl adjacent to an activating group) is 1. The minimum Gasteiger partial charge on any atom is -0.313 e. The van der Waals surface area contributed by atoms with E-state index in [-0.39, 0.29) is 17.5 Å². The first-order valence-electron chi connectivity index (χ1n) is 6.93. The normalized spacial score (nSPS) is 13.6. The van der Waals surface area contributed by atoms with Crippen molar-refractivity contribution in [2.45, 2.75) is 31.3 Å². The molecule has 5 nitrogen and oxygen atoms in total. The van der Waals surface area contributed by atoms with Gasteiger partial charge in [-0.05, 0) is 45.3 Å². The molecule has 0 spiro atoms. The zero-order valence-corrected chi connectivity index (χ0v) is 13.8. The zero-order valence-electron chi connectivity index (χ0n) is 13.0. The van der Waals surface area contributed by atoms with Gasteiger partial charge in [0.25, 0.3) is 0 Å². The van der Waals surface area contributed by atoms with Crippen molar-refractivity contribution in [2.75, 3.05) is 27.2 Å². The molecule has 0 saturated carbocycles. The van der Waals surface area contributed by atoms with Crippen LogP contribution in [0, 0.1) is 5.82 Å². The molecule has 2 N–H and O–H groups in total. The van der Waals surface area contributed by atoms with Crippen LogP contribution in [0.2, 0.25) is 0 Å². The Kier molecular flexibility index (Phi) is 6.73. The molecule has 0 aliphatic heterocycles. The molecule has 1 atom stereocenters.